The largest absolute Gasteiger partial charge is 0.493 e. The quantitative estimate of drug-likeness (QED) is 0.936. The number of hydrogen-bond donors (Lipinski definition) is 1. The minimum Gasteiger partial charge on any atom is -0.493 e. The molecule has 1 N–H and O–H groups in total. The zero-order chi connectivity index (χ0) is 14.7. The van der Waals surface area contributed by atoms with Crippen molar-refractivity contribution in [2.75, 3.05) is 6.61 Å². The van der Waals surface area contributed by atoms with Crippen LogP contribution in [0.4, 0.5) is 0 Å². The summed E-state index contributed by atoms with van der Waals surface area (Å²) < 4.78 is 5.48. The summed E-state index contributed by atoms with van der Waals surface area (Å²) in [6.07, 6.45) is 1.35. The number of benzene rings is 2. The lowest BCUT2D eigenvalue weighted by molar-refractivity contribution is -0.120. The Morgan fingerprint density at radius 3 is 2.95 bits per heavy atom. The third-order valence-corrected chi connectivity index (χ3v) is 3.86. The second-order valence-corrected chi connectivity index (χ2v) is 5.42. The molecule has 0 aliphatic carbocycles. The number of carbonyl (C=O) groups excluding carboxylic acids is 1. The summed E-state index contributed by atoms with van der Waals surface area (Å²) in [5.74, 6) is 1.01. The SMILES string of the molecule is Cc1ccccc1CNC(=O)Cc1ccc2c(c1)CCO2. The Balaban J connectivity index is 1.58. The van der Waals surface area contributed by atoms with Gasteiger partial charge in [0.2, 0.25) is 5.91 Å². The fourth-order valence-corrected chi connectivity index (χ4v) is 2.60. The van der Waals surface area contributed by atoms with E-state index in [0.29, 0.717) is 13.0 Å². The van der Waals surface area contributed by atoms with Crippen LogP contribution >= 0.6 is 0 Å². The molecular weight excluding hydrogens is 262 g/mol. The molecule has 1 amide bonds. The van der Waals surface area contributed by atoms with Gasteiger partial charge in [-0.25, -0.2) is 0 Å². The average Bonchev–Trinajstić information content (AvgIpc) is 2.94. The van der Waals surface area contributed by atoms with Gasteiger partial charge in [0.15, 0.2) is 0 Å². The molecule has 0 atom stereocenters. The van der Waals surface area contributed by atoms with E-state index in [1.807, 2.05) is 30.3 Å². The van der Waals surface area contributed by atoms with Gasteiger partial charge in [-0.3, -0.25) is 4.79 Å². The van der Waals surface area contributed by atoms with E-state index in [1.54, 1.807) is 0 Å². The van der Waals surface area contributed by atoms with Crippen LogP contribution in [0, 0.1) is 6.92 Å². The van der Waals surface area contributed by atoms with E-state index in [-0.39, 0.29) is 5.91 Å². The van der Waals surface area contributed by atoms with E-state index in [4.69, 9.17) is 4.74 Å². The summed E-state index contributed by atoms with van der Waals surface area (Å²) in [7, 11) is 0. The van der Waals surface area contributed by atoms with Crippen LogP contribution in [-0.2, 0) is 24.2 Å². The van der Waals surface area contributed by atoms with Gasteiger partial charge in [-0.05, 0) is 35.2 Å². The number of nitrogens with one attached hydrogen (secondary N) is 1. The second kappa shape index (κ2) is 6.00. The first kappa shape index (κ1) is 13.7. The highest BCUT2D eigenvalue weighted by molar-refractivity contribution is 5.78. The smallest absolute Gasteiger partial charge is 0.224 e. The molecule has 1 aliphatic rings. The summed E-state index contributed by atoms with van der Waals surface area (Å²) in [5, 5.41) is 2.99. The average molecular weight is 281 g/mol. The van der Waals surface area contributed by atoms with Gasteiger partial charge in [-0.1, -0.05) is 36.4 Å². The standard InChI is InChI=1S/C18H19NO2/c1-13-4-2-3-5-16(13)12-19-18(20)11-14-6-7-17-15(10-14)8-9-21-17/h2-7,10H,8-9,11-12H2,1H3,(H,19,20). The Kier molecular flexibility index (Phi) is 3.91. The minimum atomic E-state index is 0.0529. The molecule has 3 nitrogen and oxygen atoms in total. The highest BCUT2D eigenvalue weighted by Gasteiger charge is 2.13. The fraction of sp³-hybridized carbons (Fsp3) is 0.278. The van der Waals surface area contributed by atoms with E-state index >= 15 is 0 Å². The number of carbonyl (C=O) groups is 1. The van der Waals surface area contributed by atoms with Crippen LogP contribution in [0.25, 0.3) is 0 Å². The predicted molar refractivity (Wildman–Crippen MR) is 82.4 cm³/mol. The van der Waals surface area contributed by atoms with Crippen LogP contribution < -0.4 is 10.1 Å². The number of amides is 1. The summed E-state index contributed by atoms with van der Waals surface area (Å²) >= 11 is 0. The van der Waals surface area contributed by atoms with Gasteiger partial charge in [-0.2, -0.15) is 0 Å². The van der Waals surface area contributed by atoms with E-state index in [1.165, 1.54) is 11.1 Å². The Bertz CT molecular complexity index is 664. The van der Waals surface area contributed by atoms with Crippen LogP contribution in [0.1, 0.15) is 22.3 Å². The van der Waals surface area contributed by atoms with Crippen LogP contribution in [0.5, 0.6) is 5.75 Å². The fourth-order valence-electron chi connectivity index (χ4n) is 2.60. The monoisotopic (exact) mass is 281 g/mol. The predicted octanol–water partition coefficient (Wildman–Crippen LogP) is 2.79. The van der Waals surface area contributed by atoms with Gasteiger partial charge in [-0.15, -0.1) is 0 Å². The topological polar surface area (TPSA) is 38.3 Å². The first-order valence-electron chi connectivity index (χ1n) is 7.28. The van der Waals surface area contributed by atoms with Crippen molar-refractivity contribution in [3.05, 3.63) is 64.7 Å². The van der Waals surface area contributed by atoms with Crippen molar-refractivity contribution in [2.24, 2.45) is 0 Å². The van der Waals surface area contributed by atoms with E-state index in [9.17, 15) is 4.79 Å². The van der Waals surface area contributed by atoms with Gasteiger partial charge < -0.3 is 10.1 Å². The van der Waals surface area contributed by atoms with E-state index < -0.39 is 0 Å². The van der Waals surface area contributed by atoms with Gasteiger partial charge >= 0.3 is 0 Å². The maximum Gasteiger partial charge on any atom is 0.224 e. The zero-order valence-electron chi connectivity index (χ0n) is 12.2. The molecule has 2 aromatic carbocycles. The normalized spacial score (nSPS) is 12.6. The van der Waals surface area contributed by atoms with Crippen LogP contribution in [0.3, 0.4) is 0 Å². The molecule has 21 heavy (non-hydrogen) atoms. The van der Waals surface area contributed by atoms with Gasteiger partial charge in [0.25, 0.3) is 0 Å². The van der Waals surface area contributed by atoms with Crippen LogP contribution in [0.2, 0.25) is 0 Å². The van der Waals surface area contributed by atoms with Gasteiger partial charge in [0, 0.05) is 13.0 Å². The maximum atomic E-state index is 12.1. The Morgan fingerprint density at radius 1 is 1.24 bits per heavy atom. The molecule has 0 saturated heterocycles. The molecule has 3 heteroatoms. The lowest BCUT2D eigenvalue weighted by Crippen LogP contribution is -2.24. The summed E-state index contributed by atoms with van der Waals surface area (Å²) in [4.78, 5) is 12.1. The van der Waals surface area contributed by atoms with Crippen LogP contribution in [-0.4, -0.2) is 12.5 Å². The van der Waals surface area contributed by atoms with Gasteiger partial charge in [0.05, 0.1) is 13.0 Å². The molecule has 2 aromatic rings. The third-order valence-electron chi connectivity index (χ3n) is 3.86. The van der Waals surface area contributed by atoms with Crippen molar-refractivity contribution in [2.45, 2.75) is 26.3 Å². The molecule has 108 valence electrons. The number of aryl methyl sites for hydroxylation is 1. The summed E-state index contributed by atoms with van der Waals surface area (Å²) in [5.41, 5.74) is 4.61. The second-order valence-electron chi connectivity index (χ2n) is 5.42. The highest BCUT2D eigenvalue weighted by atomic mass is 16.5. The lowest BCUT2D eigenvalue weighted by atomic mass is 10.1. The van der Waals surface area contributed by atoms with Crippen molar-refractivity contribution in [3.8, 4) is 5.75 Å². The molecule has 3 rings (SSSR count). The molecule has 0 saturated carbocycles. The molecule has 0 radical (unpaired) electrons. The van der Waals surface area contributed by atoms with Crippen molar-refractivity contribution >= 4 is 5.91 Å². The summed E-state index contributed by atoms with van der Waals surface area (Å²) in [6, 6.07) is 14.1. The number of fused-ring (bicyclic) bond motifs is 1. The Morgan fingerprint density at radius 2 is 2.10 bits per heavy atom. The maximum absolute atomic E-state index is 12.1. The Hall–Kier alpha value is -2.29. The van der Waals surface area contributed by atoms with E-state index in [0.717, 1.165) is 29.9 Å². The number of ether oxygens (including phenoxy) is 1. The zero-order valence-corrected chi connectivity index (χ0v) is 12.2. The lowest BCUT2D eigenvalue weighted by Gasteiger charge is -2.08. The molecule has 0 fully saturated rings. The molecule has 1 heterocycles. The molecular formula is C18H19NO2. The van der Waals surface area contributed by atoms with Crippen molar-refractivity contribution in [1.82, 2.24) is 5.32 Å². The number of rotatable bonds is 4. The van der Waals surface area contributed by atoms with Gasteiger partial charge in [0.1, 0.15) is 5.75 Å². The van der Waals surface area contributed by atoms with E-state index in [2.05, 4.69) is 24.4 Å². The third kappa shape index (κ3) is 3.24. The molecule has 0 spiro atoms. The first-order valence-corrected chi connectivity index (χ1v) is 7.28. The van der Waals surface area contributed by atoms with Crippen molar-refractivity contribution in [1.29, 1.82) is 0 Å². The van der Waals surface area contributed by atoms with Crippen molar-refractivity contribution < 1.29 is 9.53 Å². The number of hydrogen-bond acceptors (Lipinski definition) is 2. The summed E-state index contributed by atoms with van der Waals surface area (Å²) in [6.45, 7) is 3.39. The Labute approximate surface area is 124 Å². The molecule has 0 aromatic heterocycles. The van der Waals surface area contributed by atoms with Crippen molar-refractivity contribution in [3.63, 3.8) is 0 Å². The molecule has 0 unspecified atom stereocenters. The molecule has 1 aliphatic heterocycles. The highest BCUT2D eigenvalue weighted by Crippen LogP contribution is 2.25. The minimum absolute atomic E-state index is 0.0529. The van der Waals surface area contributed by atoms with Crippen LogP contribution in [0.15, 0.2) is 42.5 Å². The first-order chi connectivity index (χ1) is 10.2. The molecule has 0 bridgehead atoms.